The zero-order valence-corrected chi connectivity index (χ0v) is 20.4. The van der Waals surface area contributed by atoms with Crippen molar-refractivity contribution in [2.45, 2.75) is 26.4 Å². The third-order valence-corrected chi connectivity index (χ3v) is 6.81. The van der Waals surface area contributed by atoms with E-state index in [-0.39, 0.29) is 24.0 Å². The molecule has 9 heteroatoms. The molecule has 2 saturated heterocycles. The normalized spacial score (nSPS) is 17.1. The fraction of sp³-hybridized carbons (Fsp3) is 0.320. The van der Waals surface area contributed by atoms with Crippen molar-refractivity contribution in [1.82, 2.24) is 9.80 Å². The molecule has 3 amide bonds. The number of likely N-dealkylation sites (tertiary alicyclic amines) is 1. The molecule has 0 spiro atoms. The number of rotatable bonds is 8. The van der Waals surface area contributed by atoms with Gasteiger partial charge in [-0.2, -0.15) is 0 Å². The summed E-state index contributed by atoms with van der Waals surface area (Å²) in [5, 5.41) is 0.185. The maximum absolute atomic E-state index is 12.8. The first kappa shape index (κ1) is 24.2. The molecule has 0 atom stereocenters. The molecule has 7 nitrogen and oxygen atoms in total. The minimum Gasteiger partial charge on any atom is -0.490 e. The van der Waals surface area contributed by atoms with Crippen molar-refractivity contribution in [3.05, 3.63) is 63.5 Å². The van der Waals surface area contributed by atoms with Crippen LogP contribution in [0.4, 0.5) is 4.79 Å². The second-order valence-electron chi connectivity index (χ2n) is 7.88. The molecule has 178 valence electrons. The van der Waals surface area contributed by atoms with E-state index in [1.807, 2.05) is 25.1 Å². The SMILES string of the molecule is CCOc1cc(/C=C2\SC(=O)N(CC(=O)N3CCCC3)C2=O)ccc1OCc1ccccc1Cl. The maximum Gasteiger partial charge on any atom is 0.294 e. The van der Waals surface area contributed by atoms with Crippen molar-refractivity contribution >= 4 is 46.5 Å². The van der Waals surface area contributed by atoms with Gasteiger partial charge in [0, 0.05) is 23.7 Å². The molecule has 2 aromatic carbocycles. The van der Waals surface area contributed by atoms with Gasteiger partial charge in [0.05, 0.1) is 11.5 Å². The van der Waals surface area contributed by atoms with Crippen molar-refractivity contribution in [1.29, 1.82) is 0 Å². The van der Waals surface area contributed by atoms with E-state index < -0.39 is 11.1 Å². The molecule has 0 aliphatic carbocycles. The molecule has 4 rings (SSSR count). The summed E-state index contributed by atoms with van der Waals surface area (Å²) in [4.78, 5) is 40.6. The Labute approximate surface area is 207 Å². The van der Waals surface area contributed by atoms with Gasteiger partial charge in [0.1, 0.15) is 13.2 Å². The number of amides is 3. The highest BCUT2D eigenvalue weighted by molar-refractivity contribution is 8.18. The Balaban J connectivity index is 1.47. The Hall–Kier alpha value is -2.97. The maximum atomic E-state index is 12.8. The van der Waals surface area contributed by atoms with Gasteiger partial charge in [0.25, 0.3) is 11.1 Å². The van der Waals surface area contributed by atoms with E-state index in [1.54, 1.807) is 35.2 Å². The van der Waals surface area contributed by atoms with Crippen molar-refractivity contribution in [2.24, 2.45) is 0 Å². The molecule has 0 bridgehead atoms. The largest absolute Gasteiger partial charge is 0.490 e. The van der Waals surface area contributed by atoms with Crippen LogP contribution < -0.4 is 9.47 Å². The van der Waals surface area contributed by atoms with Crippen LogP contribution in [0, 0.1) is 0 Å². The molecular formula is C25H25ClN2O5S. The predicted octanol–water partition coefficient (Wildman–Crippen LogP) is 4.98. The number of carbonyl (C=O) groups is 3. The lowest BCUT2D eigenvalue weighted by molar-refractivity contribution is -0.135. The van der Waals surface area contributed by atoms with Gasteiger partial charge in [-0.3, -0.25) is 19.3 Å². The fourth-order valence-electron chi connectivity index (χ4n) is 3.76. The quantitative estimate of drug-likeness (QED) is 0.476. The lowest BCUT2D eigenvalue weighted by Crippen LogP contribution is -2.40. The number of imide groups is 1. The summed E-state index contributed by atoms with van der Waals surface area (Å²) < 4.78 is 11.7. The van der Waals surface area contributed by atoms with Crippen LogP contribution in [0.15, 0.2) is 47.4 Å². The summed E-state index contributed by atoms with van der Waals surface area (Å²) in [7, 11) is 0. The van der Waals surface area contributed by atoms with Crippen LogP contribution in [0.25, 0.3) is 6.08 Å². The van der Waals surface area contributed by atoms with Gasteiger partial charge in [0.2, 0.25) is 5.91 Å². The van der Waals surface area contributed by atoms with Gasteiger partial charge >= 0.3 is 0 Å². The standard InChI is InChI=1S/C25H25ClN2O5S/c1-2-32-21-13-17(9-10-20(21)33-16-18-7-3-4-8-19(18)26)14-22-24(30)28(25(31)34-22)15-23(29)27-11-5-6-12-27/h3-4,7-10,13-14H,2,5-6,11-12,15-16H2,1H3/b22-14-. The van der Waals surface area contributed by atoms with Gasteiger partial charge in [-0.1, -0.05) is 35.9 Å². The summed E-state index contributed by atoms with van der Waals surface area (Å²) in [6.07, 6.45) is 3.53. The molecule has 2 aliphatic rings. The van der Waals surface area contributed by atoms with Crippen molar-refractivity contribution in [3.8, 4) is 11.5 Å². The third kappa shape index (κ3) is 5.56. The first-order chi connectivity index (χ1) is 16.5. The highest BCUT2D eigenvalue weighted by Gasteiger charge is 2.37. The number of carbonyl (C=O) groups excluding carboxylic acids is 3. The number of hydrogen-bond acceptors (Lipinski definition) is 6. The van der Waals surface area contributed by atoms with Crippen molar-refractivity contribution < 1.29 is 23.9 Å². The summed E-state index contributed by atoms with van der Waals surface area (Å²) in [5.74, 6) is 0.411. The van der Waals surface area contributed by atoms with E-state index in [9.17, 15) is 14.4 Å². The Morgan fingerprint density at radius 1 is 1.09 bits per heavy atom. The van der Waals surface area contributed by atoms with Crippen LogP contribution in [0.5, 0.6) is 11.5 Å². The average molecular weight is 501 g/mol. The number of halogens is 1. The first-order valence-corrected chi connectivity index (χ1v) is 12.3. The zero-order valence-electron chi connectivity index (χ0n) is 18.8. The number of ether oxygens (including phenoxy) is 2. The fourth-order valence-corrected chi connectivity index (χ4v) is 4.79. The van der Waals surface area contributed by atoms with Crippen LogP contribution in [0.3, 0.4) is 0 Å². The number of hydrogen-bond donors (Lipinski definition) is 0. The van der Waals surface area contributed by atoms with Gasteiger partial charge in [-0.15, -0.1) is 0 Å². The second kappa shape index (κ2) is 11.0. The van der Waals surface area contributed by atoms with Crippen LogP contribution in [0.1, 0.15) is 30.9 Å². The number of thioether (sulfide) groups is 1. The van der Waals surface area contributed by atoms with Gasteiger partial charge in [-0.05, 0) is 61.4 Å². The molecule has 2 fully saturated rings. The lowest BCUT2D eigenvalue weighted by Gasteiger charge is -2.18. The van der Waals surface area contributed by atoms with E-state index in [0.717, 1.165) is 35.1 Å². The van der Waals surface area contributed by atoms with Gasteiger partial charge < -0.3 is 14.4 Å². The average Bonchev–Trinajstić information content (AvgIpc) is 3.45. The summed E-state index contributed by atoms with van der Waals surface area (Å²) >= 11 is 7.04. The molecule has 2 aliphatic heterocycles. The smallest absolute Gasteiger partial charge is 0.294 e. The van der Waals surface area contributed by atoms with Gasteiger partial charge in [-0.25, -0.2) is 0 Å². The molecular weight excluding hydrogens is 476 g/mol. The summed E-state index contributed by atoms with van der Waals surface area (Å²) in [6.45, 7) is 3.71. The Kier molecular flexibility index (Phi) is 7.80. The lowest BCUT2D eigenvalue weighted by atomic mass is 10.1. The second-order valence-corrected chi connectivity index (χ2v) is 9.28. The molecule has 2 aromatic rings. The first-order valence-electron chi connectivity index (χ1n) is 11.1. The minimum absolute atomic E-state index is 0.195. The van der Waals surface area contributed by atoms with E-state index >= 15 is 0 Å². The Morgan fingerprint density at radius 3 is 2.59 bits per heavy atom. The molecule has 34 heavy (non-hydrogen) atoms. The predicted molar refractivity (Wildman–Crippen MR) is 132 cm³/mol. The van der Waals surface area contributed by atoms with E-state index in [0.29, 0.717) is 41.8 Å². The highest BCUT2D eigenvalue weighted by Crippen LogP contribution is 2.35. The van der Waals surface area contributed by atoms with Crippen molar-refractivity contribution in [2.75, 3.05) is 26.2 Å². The number of nitrogens with zero attached hydrogens (tertiary/aromatic N) is 2. The van der Waals surface area contributed by atoms with Crippen LogP contribution in [-0.2, 0) is 16.2 Å². The molecule has 0 saturated carbocycles. The molecule has 0 radical (unpaired) electrons. The highest BCUT2D eigenvalue weighted by atomic mass is 35.5. The minimum atomic E-state index is -0.459. The van der Waals surface area contributed by atoms with E-state index in [2.05, 4.69) is 0 Å². The van der Waals surface area contributed by atoms with Gasteiger partial charge in [0.15, 0.2) is 11.5 Å². The molecule has 0 N–H and O–H groups in total. The van der Waals surface area contributed by atoms with E-state index in [4.69, 9.17) is 21.1 Å². The van der Waals surface area contributed by atoms with Crippen LogP contribution in [-0.4, -0.2) is 53.1 Å². The van der Waals surface area contributed by atoms with E-state index in [1.165, 1.54) is 0 Å². The number of benzene rings is 2. The van der Waals surface area contributed by atoms with Crippen molar-refractivity contribution in [3.63, 3.8) is 0 Å². The summed E-state index contributed by atoms with van der Waals surface area (Å²) in [5.41, 5.74) is 1.54. The van der Waals surface area contributed by atoms with Crippen LogP contribution in [0.2, 0.25) is 5.02 Å². The Bertz CT molecular complexity index is 1130. The third-order valence-electron chi connectivity index (χ3n) is 5.53. The molecule has 0 unspecified atom stereocenters. The zero-order chi connectivity index (χ0) is 24.1. The monoisotopic (exact) mass is 500 g/mol. The molecule has 2 heterocycles. The topological polar surface area (TPSA) is 76.2 Å². The van der Waals surface area contributed by atoms with Crippen LogP contribution >= 0.6 is 23.4 Å². The Morgan fingerprint density at radius 2 is 1.85 bits per heavy atom. The molecule has 0 aromatic heterocycles. The summed E-state index contributed by atoms with van der Waals surface area (Å²) in [6, 6.07) is 12.7.